The molecule has 0 atom stereocenters. The summed E-state index contributed by atoms with van der Waals surface area (Å²) < 4.78 is 20.9. The summed E-state index contributed by atoms with van der Waals surface area (Å²) in [6, 6.07) is 19.9. The number of hydrogen-bond acceptors (Lipinski definition) is 3. The third-order valence-electron chi connectivity index (χ3n) is 5.48. The molecule has 0 saturated carbocycles. The Labute approximate surface area is 200 Å². The zero-order valence-corrected chi connectivity index (χ0v) is 19.8. The molecule has 4 nitrogen and oxygen atoms in total. The number of nitrogens with zero attached hydrogens (tertiary/aromatic N) is 2. The number of carbonyl (C=O) groups is 1. The van der Waals surface area contributed by atoms with Crippen molar-refractivity contribution < 1.29 is 13.9 Å². The highest BCUT2D eigenvalue weighted by Gasteiger charge is 2.23. The highest BCUT2D eigenvalue weighted by atomic mass is 79.9. The molecule has 3 aromatic rings. The molecule has 1 saturated heterocycles. The van der Waals surface area contributed by atoms with Crippen molar-refractivity contribution >= 4 is 33.4 Å². The average Bonchev–Trinajstić information content (AvgIpc) is 2.80. The molecule has 1 aliphatic heterocycles. The van der Waals surface area contributed by atoms with Crippen LogP contribution >= 0.6 is 27.5 Å². The van der Waals surface area contributed by atoms with Gasteiger partial charge in [-0.3, -0.25) is 9.69 Å². The standard InChI is InChI=1S/C25H23BrClFN2O2/c26-20-6-2-7-21(15-20)32-17-18-4-1-5-19(14-18)25(31)30-12-10-29(11-13-30)16-22-23(27)8-3-9-24(22)28/h1-9,14-15H,10-13,16-17H2. The van der Waals surface area contributed by atoms with Gasteiger partial charge in [-0.05, 0) is 48.0 Å². The van der Waals surface area contributed by atoms with E-state index in [4.69, 9.17) is 16.3 Å². The molecule has 7 heteroatoms. The van der Waals surface area contributed by atoms with Crippen LogP contribution < -0.4 is 4.74 Å². The molecule has 0 bridgehead atoms. The van der Waals surface area contributed by atoms with Gasteiger partial charge in [0.2, 0.25) is 0 Å². The van der Waals surface area contributed by atoms with Crippen LogP contribution in [0.3, 0.4) is 0 Å². The molecule has 0 radical (unpaired) electrons. The van der Waals surface area contributed by atoms with Gasteiger partial charge in [0.25, 0.3) is 5.91 Å². The van der Waals surface area contributed by atoms with Crippen LogP contribution in [0.4, 0.5) is 4.39 Å². The van der Waals surface area contributed by atoms with Gasteiger partial charge in [0, 0.05) is 53.3 Å². The zero-order valence-electron chi connectivity index (χ0n) is 17.4. The number of benzene rings is 3. The fourth-order valence-electron chi connectivity index (χ4n) is 3.72. The van der Waals surface area contributed by atoms with Gasteiger partial charge in [0.05, 0.1) is 0 Å². The van der Waals surface area contributed by atoms with Crippen LogP contribution in [-0.2, 0) is 13.2 Å². The minimum absolute atomic E-state index is 0.00196. The summed E-state index contributed by atoms with van der Waals surface area (Å²) in [5, 5.41) is 0.436. The molecule has 0 spiro atoms. The van der Waals surface area contributed by atoms with Crippen LogP contribution in [0.5, 0.6) is 5.75 Å². The number of amides is 1. The molecule has 166 valence electrons. The number of hydrogen-bond donors (Lipinski definition) is 0. The van der Waals surface area contributed by atoms with Crippen molar-refractivity contribution in [3.05, 3.63) is 98.7 Å². The Hall–Kier alpha value is -2.41. The first-order valence-corrected chi connectivity index (χ1v) is 11.6. The Bertz CT molecular complexity index is 1080. The van der Waals surface area contributed by atoms with E-state index in [0.29, 0.717) is 55.5 Å². The average molecular weight is 518 g/mol. The highest BCUT2D eigenvalue weighted by molar-refractivity contribution is 9.10. The first-order chi connectivity index (χ1) is 15.5. The lowest BCUT2D eigenvalue weighted by molar-refractivity contribution is 0.0627. The lowest BCUT2D eigenvalue weighted by atomic mass is 10.1. The SMILES string of the molecule is O=C(c1cccc(COc2cccc(Br)c2)c1)N1CCN(Cc2c(F)cccc2Cl)CC1. The molecular formula is C25H23BrClFN2O2. The summed E-state index contributed by atoms with van der Waals surface area (Å²) in [4.78, 5) is 17.0. The van der Waals surface area contributed by atoms with Crippen LogP contribution in [0.25, 0.3) is 0 Å². The Kier molecular flexibility index (Phi) is 7.45. The van der Waals surface area contributed by atoms with Crippen LogP contribution in [0.2, 0.25) is 5.02 Å². The molecule has 4 rings (SSSR count). The molecule has 32 heavy (non-hydrogen) atoms. The number of piperazine rings is 1. The van der Waals surface area contributed by atoms with E-state index in [1.165, 1.54) is 6.07 Å². The fraction of sp³-hybridized carbons (Fsp3) is 0.240. The molecular weight excluding hydrogens is 495 g/mol. The number of halogens is 3. The quantitative estimate of drug-likeness (QED) is 0.416. The normalized spacial score (nSPS) is 14.4. The van der Waals surface area contributed by atoms with Gasteiger partial charge in [-0.25, -0.2) is 4.39 Å². The molecule has 0 unspecified atom stereocenters. The smallest absolute Gasteiger partial charge is 0.253 e. The maximum Gasteiger partial charge on any atom is 0.253 e. The second-order valence-electron chi connectivity index (χ2n) is 7.71. The lowest BCUT2D eigenvalue weighted by Crippen LogP contribution is -2.48. The van der Waals surface area contributed by atoms with Crippen LogP contribution in [0.15, 0.2) is 71.2 Å². The predicted molar refractivity (Wildman–Crippen MR) is 128 cm³/mol. The number of rotatable bonds is 6. The first kappa shape index (κ1) is 22.8. The molecule has 0 aliphatic carbocycles. The van der Waals surface area contributed by atoms with Crippen molar-refractivity contribution in [2.45, 2.75) is 13.2 Å². The second-order valence-corrected chi connectivity index (χ2v) is 9.04. The van der Waals surface area contributed by atoms with E-state index in [1.54, 1.807) is 12.1 Å². The van der Waals surface area contributed by atoms with E-state index in [1.807, 2.05) is 53.4 Å². The minimum atomic E-state index is -0.294. The van der Waals surface area contributed by atoms with Crippen molar-refractivity contribution in [2.75, 3.05) is 26.2 Å². The van der Waals surface area contributed by atoms with Gasteiger partial charge < -0.3 is 9.64 Å². The van der Waals surface area contributed by atoms with Gasteiger partial charge >= 0.3 is 0 Å². The van der Waals surface area contributed by atoms with Crippen LogP contribution in [0.1, 0.15) is 21.5 Å². The summed E-state index contributed by atoms with van der Waals surface area (Å²) in [7, 11) is 0. The molecule has 0 aromatic heterocycles. The molecule has 1 heterocycles. The summed E-state index contributed by atoms with van der Waals surface area (Å²) >= 11 is 9.59. The van der Waals surface area contributed by atoms with Crippen molar-refractivity contribution in [1.29, 1.82) is 0 Å². The van der Waals surface area contributed by atoms with E-state index < -0.39 is 0 Å². The molecule has 0 N–H and O–H groups in total. The van der Waals surface area contributed by atoms with Crippen molar-refractivity contribution in [2.24, 2.45) is 0 Å². The van der Waals surface area contributed by atoms with Gasteiger partial charge in [0.1, 0.15) is 18.2 Å². The Morgan fingerprint density at radius 1 is 1.00 bits per heavy atom. The van der Waals surface area contributed by atoms with E-state index in [-0.39, 0.29) is 11.7 Å². The van der Waals surface area contributed by atoms with Crippen LogP contribution in [-0.4, -0.2) is 41.9 Å². The van der Waals surface area contributed by atoms with E-state index >= 15 is 0 Å². The Morgan fingerprint density at radius 3 is 2.50 bits per heavy atom. The molecule has 1 aliphatic rings. The van der Waals surface area contributed by atoms with Gasteiger partial charge in [-0.1, -0.05) is 51.8 Å². The Balaban J connectivity index is 1.33. The van der Waals surface area contributed by atoms with Crippen molar-refractivity contribution in [3.63, 3.8) is 0 Å². The summed E-state index contributed by atoms with van der Waals surface area (Å²) in [6.45, 7) is 3.34. The Morgan fingerprint density at radius 2 is 1.75 bits per heavy atom. The monoisotopic (exact) mass is 516 g/mol. The second kappa shape index (κ2) is 10.5. The minimum Gasteiger partial charge on any atom is -0.489 e. The molecule has 1 fully saturated rings. The zero-order chi connectivity index (χ0) is 22.5. The van der Waals surface area contributed by atoms with Gasteiger partial charge in [0.15, 0.2) is 0 Å². The third kappa shape index (κ3) is 5.68. The lowest BCUT2D eigenvalue weighted by Gasteiger charge is -2.35. The number of carbonyl (C=O) groups excluding carboxylic acids is 1. The predicted octanol–water partition coefficient (Wildman–Crippen LogP) is 5.78. The summed E-state index contributed by atoms with van der Waals surface area (Å²) in [5.74, 6) is 0.470. The van der Waals surface area contributed by atoms with E-state index in [0.717, 1.165) is 15.8 Å². The first-order valence-electron chi connectivity index (χ1n) is 10.4. The van der Waals surface area contributed by atoms with E-state index in [2.05, 4.69) is 20.8 Å². The van der Waals surface area contributed by atoms with Crippen molar-refractivity contribution in [1.82, 2.24) is 9.80 Å². The van der Waals surface area contributed by atoms with E-state index in [9.17, 15) is 9.18 Å². The molecule has 1 amide bonds. The third-order valence-corrected chi connectivity index (χ3v) is 6.33. The van der Waals surface area contributed by atoms with Gasteiger partial charge in [-0.15, -0.1) is 0 Å². The number of ether oxygens (including phenoxy) is 1. The largest absolute Gasteiger partial charge is 0.489 e. The van der Waals surface area contributed by atoms with Gasteiger partial charge in [-0.2, -0.15) is 0 Å². The maximum absolute atomic E-state index is 14.1. The van der Waals surface area contributed by atoms with Crippen LogP contribution in [0, 0.1) is 5.82 Å². The topological polar surface area (TPSA) is 32.8 Å². The molecule has 3 aromatic carbocycles. The fourth-order valence-corrected chi connectivity index (χ4v) is 4.32. The maximum atomic E-state index is 14.1. The highest BCUT2D eigenvalue weighted by Crippen LogP contribution is 2.22. The summed E-state index contributed by atoms with van der Waals surface area (Å²) in [6.07, 6.45) is 0. The van der Waals surface area contributed by atoms with Crippen molar-refractivity contribution in [3.8, 4) is 5.75 Å². The summed E-state index contributed by atoms with van der Waals surface area (Å²) in [5.41, 5.74) is 2.08.